The number of aliphatic hydroxyl groups excluding tert-OH is 2. The number of fused-ring (bicyclic) bond motifs is 7. The molecule has 2 saturated carbocycles. The number of Topliss-reactive ketones (excluding diaryl/α,β-unsaturated/α-hetero) is 1. The molecule has 1 amide bonds. The van der Waals surface area contributed by atoms with Crippen LogP contribution in [0.4, 0.5) is 4.79 Å². The number of rotatable bonds is 3. The van der Waals surface area contributed by atoms with Crippen molar-refractivity contribution in [1.29, 1.82) is 0 Å². The van der Waals surface area contributed by atoms with E-state index in [4.69, 9.17) is 33.2 Å². The minimum atomic E-state index is -2.42. The zero-order valence-corrected chi connectivity index (χ0v) is 36.0. The van der Waals surface area contributed by atoms with E-state index in [2.05, 4.69) is 5.32 Å². The Morgan fingerprint density at radius 3 is 2.28 bits per heavy atom. The second kappa shape index (κ2) is 16.5. The van der Waals surface area contributed by atoms with Crippen LogP contribution in [-0.2, 0) is 47.6 Å². The number of hydrogen-bond acceptors (Lipinski definition) is 16. The van der Waals surface area contributed by atoms with Gasteiger partial charge in [0, 0.05) is 32.1 Å². The van der Waals surface area contributed by atoms with Crippen LogP contribution in [0.1, 0.15) is 98.4 Å². The maximum absolute atomic E-state index is 15.5. The Labute approximate surface area is 354 Å². The summed E-state index contributed by atoms with van der Waals surface area (Å²) in [6.45, 7) is 12.8. The summed E-state index contributed by atoms with van der Waals surface area (Å²) in [7, 11) is 0. The van der Waals surface area contributed by atoms with Gasteiger partial charge in [-0.05, 0) is 70.7 Å². The quantitative estimate of drug-likeness (QED) is 0.194. The number of allylic oxidation sites excluding steroid dienone is 1. The minimum Gasteiger partial charge on any atom is -0.489 e. The molecule has 1 aromatic carbocycles. The molecule has 17 nitrogen and oxygen atoms in total. The standard InChI is InChI=1S/C44H57NO16/c1-22-28-20-44(54)36(34-42(9,29(48)19-30-43(34,21-56-30)60-24(3)47)35(50)33(57-23(2)46)31(22)41(44,7)8)59-37(51)25-15-12-13-17-27(25)55-18-14-10-11-16-26(32(49)38(52)58-28)45-39(53)61-40(4,5)6/h10,12-15,17,26,28-30,32-34,36,48-49,54H,11,16,18-21H2,1-9H3,(H,45,53)/b14-10+/t26-,28+,29-,30+,32+,33+,34-,36-,42+,43-,44+/m0/s1. The highest BCUT2D eigenvalue weighted by atomic mass is 16.6. The van der Waals surface area contributed by atoms with Crippen molar-refractivity contribution in [3.8, 4) is 5.75 Å². The number of benzene rings is 1. The Hall–Kier alpha value is -4.84. The number of carbonyl (C=O) groups excluding carboxylic acids is 6. The Kier molecular flexibility index (Phi) is 12.3. The molecule has 3 fully saturated rings. The normalized spacial score (nSPS) is 36.8. The first-order valence-corrected chi connectivity index (χ1v) is 20.5. The summed E-state index contributed by atoms with van der Waals surface area (Å²) >= 11 is 0. The van der Waals surface area contributed by atoms with Crippen LogP contribution < -0.4 is 10.1 Å². The second-order valence-corrected chi connectivity index (χ2v) is 18.4. The zero-order chi connectivity index (χ0) is 45.0. The molecule has 4 N–H and O–H groups in total. The average Bonchev–Trinajstić information content (AvgIpc) is 3.15. The molecule has 3 bridgehead atoms. The molecule has 6 rings (SSSR count). The van der Waals surface area contributed by atoms with Gasteiger partial charge in [0.15, 0.2) is 23.6 Å². The topological polar surface area (TPSA) is 240 Å². The van der Waals surface area contributed by atoms with E-state index in [1.807, 2.05) is 0 Å². The second-order valence-electron chi connectivity index (χ2n) is 18.4. The van der Waals surface area contributed by atoms with Crippen LogP contribution in [-0.4, -0.2) is 124 Å². The number of nitrogens with one attached hydrogen (secondary N) is 1. The van der Waals surface area contributed by atoms with Crippen molar-refractivity contribution in [2.75, 3.05) is 13.2 Å². The van der Waals surface area contributed by atoms with Gasteiger partial charge in [-0.15, -0.1) is 0 Å². The van der Waals surface area contributed by atoms with Gasteiger partial charge in [-0.2, -0.15) is 0 Å². The van der Waals surface area contributed by atoms with Gasteiger partial charge >= 0.3 is 30.0 Å². The van der Waals surface area contributed by atoms with E-state index in [1.54, 1.807) is 58.9 Å². The molecule has 1 aromatic rings. The number of ether oxygens (including phenoxy) is 7. The number of esters is 4. The summed E-state index contributed by atoms with van der Waals surface area (Å²) in [6, 6.07) is 4.94. The molecule has 0 aromatic heterocycles. The fourth-order valence-electron chi connectivity index (χ4n) is 9.94. The van der Waals surface area contributed by atoms with Gasteiger partial charge in [-0.1, -0.05) is 38.1 Å². The number of alkyl carbamates (subject to hydrolysis) is 1. The highest BCUT2D eigenvalue weighted by molar-refractivity contribution is 5.96. The molecule has 0 unspecified atom stereocenters. The summed E-state index contributed by atoms with van der Waals surface area (Å²) in [5, 5.41) is 39.9. The maximum atomic E-state index is 15.5. The fraction of sp³-hybridized carbons (Fsp3) is 0.636. The lowest BCUT2D eigenvalue weighted by Gasteiger charge is -2.67. The third-order valence-electron chi connectivity index (χ3n) is 13.0. The van der Waals surface area contributed by atoms with Crippen LogP contribution in [0, 0.1) is 16.7 Å². The molecule has 17 heteroatoms. The number of para-hydroxylation sites is 1. The molecular weight excluding hydrogens is 798 g/mol. The lowest BCUT2D eigenvalue weighted by Crippen LogP contribution is -2.82. The number of aliphatic hydroxyl groups is 3. The number of carbonyl (C=O) groups is 6. The summed E-state index contributed by atoms with van der Waals surface area (Å²) < 4.78 is 41.7. The molecule has 61 heavy (non-hydrogen) atoms. The van der Waals surface area contributed by atoms with E-state index >= 15 is 4.79 Å². The zero-order valence-electron chi connectivity index (χ0n) is 36.0. The van der Waals surface area contributed by atoms with Crippen LogP contribution in [0.25, 0.3) is 0 Å². The van der Waals surface area contributed by atoms with Gasteiger partial charge in [-0.3, -0.25) is 14.4 Å². The van der Waals surface area contributed by atoms with Crippen molar-refractivity contribution >= 4 is 35.8 Å². The van der Waals surface area contributed by atoms with Crippen LogP contribution >= 0.6 is 0 Å². The monoisotopic (exact) mass is 855 g/mol. The van der Waals surface area contributed by atoms with Gasteiger partial charge in [0.25, 0.3) is 0 Å². The van der Waals surface area contributed by atoms with Crippen molar-refractivity contribution < 1.29 is 77.2 Å². The summed E-state index contributed by atoms with van der Waals surface area (Å²) in [5.41, 5.74) is -8.80. The van der Waals surface area contributed by atoms with Crippen molar-refractivity contribution in [2.45, 2.75) is 147 Å². The average molecular weight is 856 g/mol. The summed E-state index contributed by atoms with van der Waals surface area (Å²) in [5.74, 6) is -6.28. The molecule has 1 saturated heterocycles. The van der Waals surface area contributed by atoms with Crippen molar-refractivity contribution in [3.05, 3.63) is 53.1 Å². The molecule has 11 atom stereocenters. The van der Waals surface area contributed by atoms with Gasteiger partial charge < -0.3 is 53.8 Å². The molecule has 334 valence electrons. The van der Waals surface area contributed by atoms with Gasteiger partial charge in [-0.25, -0.2) is 14.4 Å². The SMILES string of the molecule is CC(=O)O[C@H]1C(=O)[C@@]2(C)[C@H]([C@@H]3OC(=O)c4ccccc4OC/C=C/CC[C@H](NC(=O)OC(C)(C)C)[C@@H](O)C(=O)O[C@@H]4C[C@]3(O)C(C)(C)C1=C4C)[C@]1(OC(C)=O)CO[C@@H]1C[C@@H]2O. The number of hydrogen-bond donors (Lipinski definition) is 4. The Morgan fingerprint density at radius 2 is 1.66 bits per heavy atom. The molecule has 5 aliphatic rings. The predicted molar refractivity (Wildman–Crippen MR) is 212 cm³/mol. The van der Waals surface area contributed by atoms with Crippen LogP contribution in [0.3, 0.4) is 0 Å². The van der Waals surface area contributed by atoms with E-state index in [9.17, 15) is 39.3 Å². The first-order chi connectivity index (χ1) is 28.4. The largest absolute Gasteiger partial charge is 0.489 e. The summed E-state index contributed by atoms with van der Waals surface area (Å²) in [4.78, 5) is 83.2. The highest BCUT2D eigenvalue weighted by Crippen LogP contribution is 2.64. The van der Waals surface area contributed by atoms with Crippen LogP contribution in [0.5, 0.6) is 5.75 Å². The van der Waals surface area contributed by atoms with Crippen molar-refractivity contribution in [1.82, 2.24) is 5.32 Å². The van der Waals surface area contributed by atoms with Gasteiger partial charge in [0.05, 0.1) is 30.1 Å². The van der Waals surface area contributed by atoms with Crippen molar-refractivity contribution in [3.63, 3.8) is 0 Å². The first kappa shape index (κ1) is 45.7. The molecular formula is C44H57NO16. The van der Waals surface area contributed by atoms with Crippen LogP contribution in [0.2, 0.25) is 0 Å². The van der Waals surface area contributed by atoms with E-state index in [0.717, 1.165) is 13.8 Å². The van der Waals surface area contributed by atoms with Gasteiger partial charge in [0.2, 0.25) is 0 Å². The van der Waals surface area contributed by atoms with Crippen molar-refractivity contribution in [2.24, 2.45) is 16.7 Å². The molecule has 0 radical (unpaired) electrons. The smallest absolute Gasteiger partial charge is 0.407 e. The third-order valence-corrected chi connectivity index (χ3v) is 13.0. The lowest BCUT2D eigenvalue weighted by atomic mass is 9.44. The van der Waals surface area contributed by atoms with E-state index < -0.39 is 118 Å². The predicted octanol–water partition coefficient (Wildman–Crippen LogP) is 3.19. The van der Waals surface area contributed by atoms with Crippen LogP contribution in [0.15, 0.2) is 47.6 Å². The Bertz CT molecular complexity index is 2020. The first-order valence-electron chi connectivity index (χ1n) is 20.5. The lowest BCUT2D eigenvalue weighted by molar-refractivity contribution is -0.346. The van der Waals surface area contributed by atoms with Gasteiger partial charge in [0.1, 0.15) is 47.4 Å². The highest BCUT2D eigenvalue weighted by Gasteiger charge is 2.78. The number of amides is 1. The Morgan fingerprint density at radius 1 is 0.967 bits per heavy atom. The Balaban J connectivity index is 1.61. The molecule has 3 aliphatic carbocycles. The molecule has 0 spiro atoms. The van der Waals surface area contributed by atoms with E-state index in [1.165, 1.54) is 26.0 Å². The maximum Gasteiger partial charge on any atom is 0.407 e. The third kappa shape index (κ3) is 8.05. The minimum absolute atomic E-state index is 0.0121. The molecule has 2 heterocycles. The molecule has 2 aliphatic heterocycles. The number of ketones is 1. The van der Waals surface area contributed by atoms with E-state index in [0.29, 0.717) is 0 Å². The van der Waals surface area contributed by atoms with E-state index in [-0.39, 0.29) is 54.9 Å². The summed E-state index contributed by atoms with van der Waals surface area (Å²) in [6.07, 6.45) is -7.90. The fourth-order valence-corrected chi connectivity index (χ4v) is 9.94.